The molecule has 0 atom stereocenters. The van der Waals surface area contributed by atoms with Gasteiger partial charge >= 0.3 is 0 Å². The fourth-order valence-electron chi connectivity index (χ4n) is 2.31. The average molecular weight is 400 g/mol. The maximum Gasteiger partial charge on any atom is 0.261 e. The summed E-state index contributed by atoms with van der Waals surface area (Å²) >= 11 is 18.0. The monoisotopic (exact) mass is 398 g/mol. The Morgan fingerprint density at radius 3 is 2.64 bits per heavy atom. The first-order chi connectivity index (χ1) is 11.9. The molecule has 3 aromatic rings. The highest BCUT2D eigenvalue weighted by atomic mass is 35.5. The lowest BCUT2D eigenvalue weighted by Gasteiger charge is -2.09. The zero-order valence-electron chi connectivity index (χ0n) is 12.7. The number of nitrogens with one attached hydrogen (secondary N) is 1. The SMILES string of the molecule is Cc1onc(-c2c(F)cccc2Cl)c1C(=O)Nc1cc(Cl)ccc1Cl. The number of aryl methyl sites for hydroxylation is 1. The molecule has 4 nitrogen and oxygen atoms in total. The molecule has 0 saturated heterocycles. The third-order valence-corrected chi connectivity index (χ3v) is 4.35. The van der Waals surface area contributed by atoms with Gasteiger partial charge in [-0.05, 0) is 37.3 Å². The highest BCUT2D eigenvalue weighted by Crippen LogP contribution is 2.34. The van der Waals surface area contributed by atoms with Crippen molar-refractivity contribution in [2.45, 2.75) is 6.92 Å². The fourth-order valence-corrected chi connectivity index (χ4v) is 2.90. The molecule has 0 spiro atoms. The molecule has 0 aliphatic heterocycles. The first-order valence-electron chi connectivity index (χ1n) is 7.05. The summed E-state index contributed by atoms with van der Waals surface area (Å²) in [5.41, 5.74) is 0.369. The second-order valence-corrected chi connectivity index (χ2v) is 6.39. The minimum Gasteiger partial charge on any atom is -0.360 e. The van der Waals surface area contributed by atoms with E-state index in [0.717, 1.165) is 0 Å². The summed E-state index contributed by atoms with van der Waals surface area (Å²) < 4.78 is 19.3. The molecule has 0 radical (unpaired) electrons. The van der Waals surface area contributed by atoms with Crippen LogP contribution < -0.4 is 5.32 Å². The van der Waals surface area contributed by atoms with Crippen molar-refractivity contribution in [1.82, 2.24) is 5.16 Å². The Hall–Kier alpha value is -2.08. The van der Waals surface area contributed by atoms with Crippen LogP contribution in [0.15, 0.2) is 40.9 Å². The number of hydrogen-bond acceptors (Lipinski definition) is 3. The van der Waals surface area contributed by atoms with Crippen LogP contribution in [-0.2, 0) is 0 Å². The van der Waals surface area contributed by atoms with Crippen molar-refractivity contribution in [2.24, 2.45) is 0 Å². The van der Waals surface area contributed by atoms with Crippen LogP contribution in [0.3, 0.4) is 0 Å². The minimum atomic E-state index is -0.615. The number of amides is 1. The Kier molecular flexibility index (Phi) is 4.99. The predicted octanol–water partition coefficient (Wildman–Crippen LogP) is 6.00. The lowest BCUT2D eigenvalue weighted by atomic mass is 10.0. The Morgan fingerprint density at radius 1 is 1.16 bits per heavy atom. The van der Waals surface area contributed by atoms with E-state index in [-0.39, 0.29) is 27.6 Å². The number of nitrogens with zero attached hydrogens (tertiary/aromatic N) is 1. The summed E-state index contributed by atoms with van der Waals surface area (Å²) in [5.74, 6) is -0.974. The molecule has 1 heterocycles. The van der Waals surface area contributed by atoms with Gasteiger partial charge in [0.25, 0.3) is 5.91 Å². The number of anilines is 1. The van der Waals surface area contributed by atoms with Crippen LogP contribution in [0.5, 0.6) is 0 Å². The number of rotatable bonds is 3. The lowest BCUT2D eigenvalue weighted by Crippen LogP contribution is -2.14. The van der Waals surface area contributed by atoms with Gasteiger partial charge in [0.15, 0.2) is 0 Å². The molecule has 8 heteroatoms. The van der Waals surface area contributed by atoms with Gasteiger partial charge in [0.1, 0.15) is 22.8 Å². The molecule has 1 amide bonds. The van der Waals surface area contributed by atoms with Crippen LogP contribution in [0, 0.1) is 12.7 Å². The predicted molar refractivity (Wildman–Crippen MR) is 96.1 cm³/mol. The molecule has 0 aliphatic carbocycles. The highest BCUT2D eigenvalue weighted by Gasteiger charge is 2.25. The Balaban J connectivity index is 2.05. The van der Waals surface area contributed by atoms with Crippen molar-refractivity contribution >= 4 is 46.4 Å². The first-order valence-corrected chi connectivity index (χ1v) is 8.19. The van der Waals surface area contributed by atoms with Crippen molar-refractivity contribution in [3.63, 3.8) is 0 Å². The number of carbonyl (C=O) groups excluding carboxylic acids is 1. The van der Waals surface area contributed by atoms with Crippen molar-refractivity contribution in [1.29, 1.82) is 0 Å². The molecule has 0 saturated carbocycles. The van der Waals surface area contributed by atoms with Crippen LogP contribution in [0.25, 0.3) is 11.3 Å². The quantitative estimate of drug-likeness (QED) is 0.587. The molecule has 0 aliphatic rings. The van der Waals surface area contributed by atoms with Crippen molar-refractivity contribution < 1.29 is 13.7 Å². The Bertz CT molecular complexity index is 952. The van der Waals surface area contributed by atoms with Gasteiger partial charge in [0.05, 0.1) is 21.3 Å². The molecule has 0 fully saturated rings. The van der Waals surface area contributed by atoms with E-state index < -0.39 is 11.7 Å². The van der Waals surface area contributed by atoms with Gasteiger partial charge in [0, 0.05) is 5.02 Å². The van der Waals surface area contributed by atoms with Gasteiger partial charge in [-0.2, -0.15) is 0 Å². The smallest absolute Gasteiger partial charge is 0.261 e. The first kappa shape index (κ1) is 17.7. The molecule has 3 rings (SSSR count). The Labute approximate surface area is 157 Å². The number of carbonyl (C=O) groups is 1. The van der Waals surface area contributed by atoms with Crippen molar-refractivity contribution in [2.75, 3.05) is 5.32 Å². The molecular formula is C17H10Cl3FN2O2. The third-order valence-electron chi connectivity index (χ3n) is 3.47. The van der Waals surface area contributed by atoms with Gasteiger partial charge < -0.3 is 9.84 Å². The summed E-state index contributed by atoms with van der Waals surface area (Å²) in [6, 6.07) is 8.82. The van der Waals surface area contributed by atoms with E-state index in [0.29, 0.717) is 15.7 Å². The van der Waals surface area contributed by atoms with Gasteiger partial charge in [-0.25, -0.2) is 4.39 Å². The van der Waals surface area contributed by atoms with E-state index >= 15 is 0 Å². The molecule has 128 valence electrons. The zero-order chi connectivity index (χ0) is 18.1. The molecule has 0 unspecified atom stereocenters. The number of aromatic nitrogens is 1. The van der Waals surface area contributed by atoms with Crippen LogP contribution in [0.1, 0.15) is 16.1 Å². The van der Waals surface area contributed by atoms with E-state index in [2.05, 4.69) is 10.5 Å². The van der Waals surface area contributed by atoms with Crippen molar-refractivity contribution in [3.8, 4) is 11.3 Å². The van der Waals surface area contributed by atoms with E-state index in [9.17, 15) is 9.18 Å². The molecular weight excluding hydrogens is 390 g/mol. The van der Waals surface area contributed by atoms with E-state index in [1.54, 1.807) is 19.1 Å². The standard InChI is InChI=1S/C17H10Cl3FN2O2/c1-8-14(17(24)22-13-7-9(18)5-6-10(13)19)16(23-25-8)15-11(20)3-2-4-12(15)21/h2-7H,1H3,(H,22,24). The zero-order valence-corrected chi connectivity index (χ0v) is 15.0. The largest absolute Gasteiger partial charge is 0.360 e. The molecule has 25 heavy (non-hydrogen) atoms. The third kappa shape index (κ3) is 3.49. The number of halogens is 4. The van der Waals surface area contributed by atoms with Gasteiger partial charge in [-0.3, -0.25) is 4.79 Å². The number of hydrogen-bond donors (Lipinski definition) is 1. The van der Waals surface area contributed by atoms with Crippen LogP contribution >= 0.6 is 34.8 Å². The topological polar surface area (TPSA) is 55.1 Å². The fraction of sp³-hybridized carbons (Fsp3) is 0.0588. The van der Waals surface area contributed by atoms with Crippen molar-refractivity contribution in [3.05, 3.63) is 68.6 Å². The average Bonchev–Trinajstić information content (AvgIpc) is 2.92. The molecule has 2 aromatic carbocycles. The second kappa shape index (κ2) is 7.04. The van der Waals surface area contributed by atoms with Gasteiger partial charge in [-0.1, -0.05) is 46.0 Å². The highest BCUT2D eigenvalue weighted by molar-refractivity contribution is 6.36. The summed E-state index contributed by atoms with van der Waals surface area (Å²) in [7, 11) is 0. The van der Waals surface area contributed by atoms with Crippen LogP contribution in [-0.4, -0.2) is 11.1 Å². The van der Waals surface area contributed by atoms with E-state index in [4.69, 9.17) is 39.3 Å². The van der Waals surface area contributed by atoms with E-state index in [1.165, 1.54) is 24.3 Å². The Morgan fingerprint density at radius 2 is 1.92 bits per heavy atom. The van der Waals surface area contributed by atoms with Gasteiger partial charge in [-0.15, -0.1) is 0 Å². The molecule has 1 N–H and O–H groups in total. The summed E-state index contributed by atoms with van der Waals surface area (Å²) in [6.45, 7) is 1.54. The lowest BCUT2D eigenvalue weighted by molar-refractivity contribution is 0.102. The van der Waals surface area contributed by atoms with Crippen LogP contribution in [0.4, 0.5) is 10.1 Å². The summed E-state index contributed by atoms with van der Waals surface area (Å²) in [6.07, 6.45) is 0. The normalized spacial score (nSPS) is 10.8. The summed E-state index contributed by atoms with van der Waals surface area (Å²) in [5, 5.41) is 7.23. The van der Waals surface area contributed by atoms with E-state index in [1.807, 2.05) is 0 Å². The molecule has 0 bridgehead atoms. The van der Waals surface area contributed by atoms with Crippen LogP contribution in [0.2, 0.25) is 15.1 Å². The number of benzene rings is 2. The molecule has 1 aromatic heterocycles. The maximum absolute atomic E-state index is 14.2. The maximum atomic E-state index is 14.2. The minimum absolute atomic E-state index is 0.0104. The second-order valence-electron chi connectivity index (χ2n) is 5.14. The van der Waals surface area contributed by atoms with Gasteiger partial charge in [0.2, 0.25) is 0 Å². The summed E-state index contributed by atoms with van der Waals surface area (Å²) in [4.78, 5) is 12.7.